The zero-order valence-electron chi connectivity index (χ0n) is 17.0. The number of piperidine rings is 1. The second kappa shape index (κ2) is 9.41. The first-order valence-corrected chi connectivity index (χ1v) is 11.8. The summed E-state index contributed by atoms with van der Waals surface area (Å²) in [5, 5.41) is 2.89. The molecule has 1 heterocycles. The van der Waals surface area contributed by atoms with E-state index in [1.807, 2.05) is 18.2 Å². The molecule has 29 heavy (non-hydrogen) atoms. The average Bonchev–Trinajstić information content (AvgIpc) is 2.73. The number of rotatable bonds is 7. The molecule has 0 aromatic heterocycles. The number of amides is 1. The molecule has 0 unspecified atom stereocenters. The molecule has 1 aliphatic rings. The van der Waals surface area contributed by atoms with E-state index in [9.17, 15) is 13.2 Å². The van der Waals surface area contributed by atoms with E-state index in [1.54, 1.807) is 24.3 Å². The van der Waals surface area contributed by atoms with Crippen LogP contribution < -0.4 is 10.2 Å². The van der Waals surface area contributed by atoms with Crippen molar-refractivity contribution >= 4 is 21.6 Å². The number of nitrogens with zero attached hydrogens (tertiary/aromatic N) is 2. The summed E-state index contributed by atoms with van der Waals surface area (Å²) in [6, 6.07) is 16.3. The van der Waals surface area contributed by atoms with Crippen LogP contribution in [0.4, 0.5) is 5.69 Å². The quantitative estimate of drug-likeness (QED) is 0.755. The van der Waals surface area contributed by atoms with Crippen LogP contribution in [0.15, 0.2) is 54.6 Å². The fourth-order valence-electron chi connectivity index (χ4n) is 3.62. The molecule has 0 saturated carbocycles. The van der Waals surface area contributed by atoms with E-state index in [4.69, 9.17) is 0 Å². The third kappa shape index (κ3) is 5.58. The molecule has 2 aromatic carbocycles. The van der Waals surface area contributed by atoms with E-state index in [1.165, 1.54) is 32.0 Å². The first-order valence-electron chi connectivity index (χ1n) is 9.96. The van der Waals surface area contributed by atoms with Crippen LogP contribution in [0.5, 0.6) is 0 Å². The van der Waals surface area contributed by atoms with Gasteiger partial charge in [0.25, 0.3) is 0 Å². The number of sulfonamides is 1. The van der Waals surface area contributed by atoms with Gasteiger partial charge in [0.2, 0.25) is 15.9 Å². The monoisotopic (exact) mass is 415 g/mol. The maximum Gasteiger partial charge on any atom is 0.243 e. The minimum atomic E-state index is -3.53. The van der Waals surface area contributed by atoms with Gasteiger partial charge in [-0.2, -0.15) is 4.31 Å². The summed E-state index contributed by atoms with van der Waals surface area (Å²) < 4.78 is 25.2. The van der Waals surface area contributed by atoms with E-state index >= 15 is 0 Å². The smallest absolute Gasteiger partial charge is 0.243 e. The first-order chi connectivity index (χ1) is 13.9. The van der Waals surface area contributed by atoms with Crippen molar-refractivity contribution in [2.24, 2.45) is 0 Å². The van der Waals surface area contributed by atoms with Gasteiger partial charge in [-0.25, -0.2) is 8.42 Å². The molecule has 6 nitrogen and oxygen atoms in total. The van der Waals surface area contributed by atoms with Gasteiger partial charge < -0.3 is 10.2 Å². The predicted molar refractivity (Wildman–Crippen MR) is 116 cm³/mol. The molecule has 0 aliphatic carbocycles. The van der Waals surface area contributed by atoms with Crippen molar-refractivity contribution in [1.82, 2.24) is 9.62 Å². The molecule has 2 aromatic rings. The Morgan fingerprint density at radius 2 is 1.66 bits per heavy atom. The molecular weight excluding hydrogens is 386 g/mol. The molecule has 3 rings (SSSR count). The van der Waals surface area contributed by atoms with E-state index in [2.05, 4.69) is 22.3 Å². The van der Waals surface area contributed by atoms with Gasteiger partial charge in [-0.1, -0.05) is 42.5 Å². The fourth-order valence-corrected chi connectivity index (χ4v) is 4.22. The summed E-state index contributed by atoms with van der Waals surface area (Å²) in [4.78, 5) is 15.3. The summed E-state index contributed by atoms with van der Waals surface area (Å²) in [6.07, 6.45) is 4.86. The van der Waals surface area contributed by atoms with Gasteiger partial charge in [0, 0.05) is 32.4 Å². The molecule has 1 saturated heterocycles. The van der Waals surface area contributed by atoms with Crippen molar-refractivity contribution in [2.45, 2.75) is 31.8 Å². The van der Waals surface area contributed by atoms with Gasteiger partial charge in [-0.05, 0) is 42.5 Å². The van der Waals surface area contributed by atoms with Crippen molar-refractivity contribution < 1.29 is 13.2 Å². The number of nitrogens with one attached hydrogen (secondary N) is 1. The molecule has 1 N–H and O–H groups in total. The number of hydrogen-bond donors (Lipinski definition) is 1. The summed E-state index contributed by atoms with van der Waals surface area (Å²) >= 11 is 0. The van der Waals surface area contributed by atoms with E-state index < -0.39 is 16.1 Å². The lowest BCUT2D eigenvalue weighted by atomic mass is 10.1. The van der Waals surface area contributed by atoms with Crippen molar-refractivity contribution in [3.05, 3.63) is 65.7 Å². The van der Waals surface area contributed by atoms with Gasteiger partial charge in [0.05, 0.1) is 6.26 Å². The van der Waals surface area contributed by atoms with Crippen LogP contribution in [0.3, 0.4) is 0 Å². The third-order valence-electron chi connectivity index (χ3n) is 5.37. The van der Waals surface area contributed by atoms with Gasteiger partial charge in [0.15, 0.2) is 0 Å². The van der Waals surface area contributed by atoms with Crippen LogP contribution in [0.25, 0.3) is 0 Å². The Kier molecular flexibility index (Phi) is 6.92. The number of likely N-dealkylation sites (N-methyl/N-ethyl adjacent to an activating group) is 1. The van der Waals surface area contributed by atoms with Crippen molar-refractivity contribution in [3.8, 4) is 0 Å². The molecule has 156 valence electrons. The Balaban J connectivity index is 1.68. The maximum atomic E-state index is 12.9. The molecular formula is C22H29N3O3S. The Morgan fingerprint density at radius 1 is 1.03 bits per heavy atom. The maximum absolute atomic E-state index is 12.9. The predicted octanol–water partition coefficient (Wildman–Crippen LogP) is 2.93. The van der Waals surface area contributed by atoms with Gasteiger partial charge in [0.1, 0.15) is 6.04 Å². The van der Waals surface area contributed by atoms with Crippen molar-refractivity contribution in [3.63, 3.8) is 0 Å². The van der Waals surface area contributed by atoms with E-state index in [-0.39, 0.29) is 5.91 Å². The number of benzene rings is 2. The Hall–Kier alpha value is -2.38. The molecule has 1 atom stereocenters. The van der Waals surface area contributed by atoms with Gasteiger partial charge in [-0.3, -0.25) is 4.79 Å². The second-order valence-electron chi connectivity index (χ2n) is 7.52. The Bertz CT molecular complexity index is 908. The first kappa shape index (κ1) is 21.3. The lowest BCUT2D eigenvalue weighted by molar-refractivity contribution is -0.124. The highest BCUT2D eigenvalue weighted by atomic mass is 32.2. The second-order valence-corrected chi connectivity index (χ2v) is 9.57. The lowest BCUT2D eigenvalue weighted by Gasteiger charge is -2.29. The number of carbonyl (C=O) groups excluding carboxylic acids is 1. The van der Waals surface area contributed by atoms with Crippen LogP contribution in [-0.4, -0.2) is 45.0 Å². The van der Waals surface area contributed by atoms with Crippen molar-refractivity contribution in [1.29, 1.82) is 0 Å². The largest absolute Gasteiger partial charge is 0.372 e. The van der Waals surface area contributed by atoms with Crippen LogP contribution in [0.1, 0.15) is 36.4 Å². The minimum absolute atomic E-state index is 0.343. The molecule has 1 aliphatic heterocycles. The molecule has 1 fully saturated rings. The van der Waals surface area contributed by atoms with Crippen LogP contribution >= 0.6 is 0 Å². The summed E-state index contributed by atoms with van der Waals surface area (Å²) in [6.45, 7) is 2.53. The standard InChI is InChI=1S/C22H29N3O3S/c1-24(29(2,27)28)21(19-9-5-3-6-10-19)22(26)23-17-18-11-13-20(14-12-18)25-15-7-4-8-16-25/h3,5-6,9-14,21H,4,7-8,15-17H2,1-2H3,(H,23,26)/t21-/m0/s1. The van der Waals surface area contributed by atoms with Crippen LogP contribution in [0.2, 0.25) is 0 Å². The molecule has 0 bridgehead atoms. The zero-order chi connectivity index (χ0) is 20.9. The van der Waals surface area contributed by atoms with Crippen LogP contribution in [0, 0.1) is 0 Å². The van der Waals surface area contributed by atoms with Crippen LogP contribution in [-0.2, 0) is 21.4 Å². The summed E-state index contributed by atoms with van der Waals surface area (Å²) in [5.41, 5.74) is 2.82. The molecule has 0 spiro atoms. The Labute approximate surface area is 173 Å². The topological polar surface area (TPSA) is 69.7 Å². The van der Waals surface area contributed by atoms with E-state index in [0.717, 1.165) is 29.2 Å². The summed E-state index contributed by atoms with van der Waals surface area (Å²) in [5.74, 6) is -0.343. The molecule has 7 heteroatoms. The number of carbonyl (C=O) groups is 1. The number of hydrogen-bond acceptors (Lipinski definition) is 4. The average molecular weight is 416 g/mol. The summed E-state index contributed by atoms with van der Waals surface area (Å²) in [7, 11) is -2.10. The van der Waals surface area contributed by atoms with Crippen molar-refractivity contribution in [2.75, 3.05) is 31.3 Å². The molecule has 1 amide bonds. The fraction of sp³-hybridized carbons (Fsp3) is 0.409. The molecule has 0 radical (unpaired) electrons. The highest BCUT2D eigenvalue weighted by Gasteiger charge is 2.30. The zero-order valence-corrected chi connectivity index (χ0v) is 17.9. The third-order valence-corrected chi connectivity index (χ3v) is 6.63. The number of anilines is 1. The SMILES string of the molecule is CN([C@H](C(=O)NCc1ccc(N2CCCCC2)cc1)c1ccccc1)S(C)(=O)=O. The van der Waals surface area contributed by atoms with Gasteiger partial charge >= 0.3 is 0 Å². The highest BCUT2D eigenvalue weighted by molar-refractivity contribution is 7.88. The minimum Gasteiger partial charge on any atom is -0.372 e. The highest BCUT2D eigenvalue weighted by Crippen LogP contribution is 2.23. The Morgan fingerprint density at radius 3 is 2.24 bits per heavy atom. The normalized spacial score (nSPS) is 15.9. The lowest BCUT2D eigenvalue weighted by Crippen LogP contribution is -2.41. The van der Waals surface area contributed by atoms with Gasteiger partial charge in [-0.15, -0.1) is 0 Å². The van der Waals surface area contributed by atoms with E-state index in [0.29, 0.717) is 12.1 Å².